The summed E-state index contributed by atoms with van der Waals surface area (Å²) < 4.78 is 4.86. The van der Waals surface area contributed by atoms with Gasteiger partial charge < -0.3 is 4.52 Å². The summed E-state index contributed by atoms with van der Waals surface area (Å²) in [6, 6.07) is 1.57. The predicted octanol–water partition coefficient (Wildman–Crippen LogP) is 2.29. The minimum Gasteiger partial charge on any atom is -0.351 e. The summed E-state index contributed by atoms with van der Waals surface area (Å²) >= 11 is 1.37. The fraction of sp³-hybridized carbons (Fsp3) is 0.455. The highest BCUT2D eigenvalue weighted by Crippen LogP contribution is 2.19. The van der Waals surface area contributed by atoms with Gasteiger partial charge in [-0.25, -0.2) is 0 Å². The maximum absolute atomic E-state index is 11.8. The second kappa shape index (κ2) is 5.26. The lowest BCUT2D eigenvalue weighted by molar-refractivity contribution is 0.0988. The third kappa shape index (κ3) is 3.13. The van der Waals surface area contributed by atoms with Gasteiger partial charge >= 0.3 is 0 Å². The molecule has 96 valence electrons. The second-order valence-electron chi connectivity index (χ2n) is 4.39. The Morgan fingerprint density at radius 2 is 2.28 bits per heavy atom. The van der Waals surface area contributed by atoms with E-state index in [1.165, 1.54) is 11.3 Å². The molecule has 2 aromatic rings. The van der Waals surface area contributed by atoms with Crippen LogP contribution in [0.1, 0.15) is 35.1 Å². The number of hydrogen-bond acceptors (Lipinski definition) is 6. The molecule has 1 amide bonds. The van der Waals surface area contributed by atoms with Crippen LogP contribution in [0.3, 0.4) is 0 Å². The number of amides is 1. The van der Waals surface area contributed by atoms with Crippen LogP contribution in [0.25, 0.3) is 0 Å². The lowest BCUT2D eigenvalue weighted by Crippen LogP contribution is -2.10. The molecule has 0 aliphatic rings. The van der Waals surface area contributed by atoms with Crippen molar-refractivity contribution in [2.75, 3.05) is 5.32 Å². The molecule has 18 heavy (non-hydrogen) atoms. The van der Waals surface area contributed by atoms with Gasteiger partial charge in [-0.1, -0.05) is 30.3 Å². The molecule has 0 spiro atoms. The van der Waals surface area contributed by atoms with Crippen molar-refractivity contribution in [2.45, 2.75) is 27.2 Å². The Kier molecular flexibility index (Phi) is 3.71. The molecule has 0 aliphatic heterocycles. The van der Waals surface area contributed by atoms with Gasteiger partial charge in [-0.05, 0) is 12.8 Å². The van der Waals surface area contributed by atoms with Crippen molar-refractivity contribution >= 4 is 22.4 Å². The average molecular weight is 266 g/mol. The molecule has 0 fully saturated rings. The zero-order chi connectivity index (χ0) is 13.1. The number of aryl methyl sites for hydroxylation is 1. The zero-order valence-electron chi connectivity index (χ0n) is 10.4. The van der Waals surface area contributed by atoms with E-state index >= 15 is 0 Å². The van der Waals surface area contributed by atoms with Gasteiger partial charge in [0.15, 0.2) is 0 Å². The van der Waals surface area contributed by atoms with Gasteiger partial charge in [0.2, 0.25) is 10.9 Å². The number of carbonyl (C=O) groups is 1. The van der Waals surface area contributed by atoms with Crippen LogP contribution in [0, 0.1) is 12.8 Å². The van der Waals surface area contributed by atoms with Crippen LogP contribution >= 0.6 is 11.3 Å². The van der Waals surface area contributed by atoms with E-state index < -0.39 is 0 Å². The van der Waals surface area contributed by atoms with Gasteiger partial charge in [-0.2, -0.15) is 0 Å². The van der Waals surface area contributed by atoms with Gasteiger partial charge in [0.05, 0.1) is 5.69 Å². The van der Waals surface area contributed by atoms with E-state index in [2.05, 4.69) is 34.5 Å². The standard InChI is InChI=1S/C11H14N4O2S/c1-6(2)4-9-13-14-11(18-9)12-10(16)8-5-7(3)15-17-8/h5-6H,4H2,1-3H3,(H,12,14,16). The van der Waals surface area contributed by atoms with Crippen molar-refractivity contribution < 1.29 is 9.32 Å². The van der Waals surface area contributed by atoms with E-state index in [0.717, 1.165) is 11.4 Å². The highest BCUT2D eigenvalue weighted by molar-refractivity contribution is 7.15. The fourth-order valence-corrected chi connectivity index (χ4v) is 2.31. The lowest BCUT2D eigenvalue weighted by atomic mass is 10.1. The van der Waals surface area contributed by atoms with Gasteiger partial charge in [-0.15, -0.1) is 10.2 Å². The Balaban J connectivity index is 2.01. The van der Waals surface area contributed by atoms with Crippen molar-refractivity contribution in [3.63, 3.8) is 0 Å². The largest absolute Gasteiger partial charge is 0.351 e. The van der Waals surface area contributed by atoms with Gasteiger partial charge in [-0.3, -0.25) is 10.1 Å². The number of rotatable bonds is 4. The highest BCUT2D eigenvalue weighted by atomic mass is 32.1. The van der Waals surface area contributed by atoms with E-state index in [-0.39, 0.29) is 11.7 Å². The van der Waals surface area contributed by atoms with Crippen molar-refractivity contribution in [3.8, 4) is 0 Å². The molecule has 0 atom stereocenters. The summed E-state index contributed by atoms with van der Waals surface area (Å²) in [4.78, 5) is 11.8. The first-order valence-corrected chi connectivity index (χ1v) is 6.43. The number of nitrogens with one attached hydrogen (secondary N) is 1. The van der Waals surface area contributed by atoms with Crippen LogP contribution in [0.5, 0.6) is 0 Å². The normalized spacial score (nSPS) is 10.9. The van der Waals surface area contributed by atoms with Crippen LogP contribution in [0.2, 0.25) is 0 Å². The van der Waals surface area contributed by atoms with Gasteiger partial charge in [0.25, 0.3) is 5.91 Å². The molecule has 1 N–H and O–H groups in total. The molecular weight excluding hydrogens is 252 g/mol. The lowest BCUT2D eigenvalue weighted by Gasteiger charge is -1.97. The van der Waals surface area contributed by atoms with Crippen LogP contribution in [-0.2, 0) is 6.42 Å². The Morgan fingerprint density at radius 3 is 2.89 bits per heavy atom. The third-order valence-electron chi connectivity index (χ3n) is 2.12. The SMILES string of the molecule is Cc1cc(C(=O)Nc2nnc(CC(C)C)s2)on1. The third-order valence-corrected chi connectivity index (χ3v) is 2.98. The van der Waals surface area contributed by atoms with Crippen molar-refractivity contribution in [1.82, 2.24) is 15.4 Å². The predicted molar refractivity (Wildman–Crippen MR) is 67.6 cm³/mol. The fourth-order valence-electron chi connectivity index (χ4n) is 1.37. The smallest absolute Gasteiger partial charge is 0.296 e. The van der Waals surface area contributed by atoms with Gasteiger partial charge in [0, 0.05) is 12.5 Å². The summed E-state index contributed by atoms with van der Waals surface area (Å²) in [5.41, 5.74) is 0.665. The summed E-state index contributed by atoms with van der Waals surface area (Å²) in [6.45, 7) is 5.97. The van der Waals surface area contributed by atoms with Crippen molar-refractivity contribution in [2.24, 2.45) is 5.92 Å². The summed E-state index contributed by atoms with van der Waals surface area (Å²) in [5, 5.41) is 15.6. The van der Waals surface area contributed by atoms with Crippen LogP contribution in [0.4, 0.5) is 5.13 Å². The minimum absolute atomic E-state index is 0.174. The zero-order valence-corrected chi connectivity index (χ0v) is 11.2. The highest BCUT2D eigenvalue weighted by Gasteiger charge is 2.14. The molecule has 0 saturated heterocycles. The molecule has 6 nitrogen and oxygen atoms in total. The van der Waals surface area contributed by atoms with E-state index in [4.69, 9.17) is 4.52 Å². The first kappa shape index (κ1) is 12.7. The molecule has 2 aromatic heterocycles. The van der Waals surface area contributed by atoms with E-state index in [1.807, 2.05) is 0 Å². The van der Waals surface area contributed by atoms with E-state index in [1.54, 1.807) is 13.0 Å². The maximum atomic E-state index is 11.8. The first-order chi connectivity index (χ1) is 8.54. The number of carbonyl (C=O) groups excluding carboxylic acids is 1. The Bertz CT molecular complexity index is 547. The Labute approximate surface area is 108 Å². The topological polar surface area (TPSA) is 80.9 Å². The number of hydrogen-bond donors (Lipinski definition) is 1. The van der Waals surface area contributed by atoms with Crippen molar-refractivity contribution in [1.29, 1.82) is 0 Å². The first-order valence-electron chi connectivity index (χ1n) is 5.61. The van der Waals surface area contributed by atoms with E-state index in [0.29, 0.717) is 16.7 Å². The minimum atomic E-state index is -0.358. The molecule has 0 aliphatic carbocycles. The van der Waals surface area contributed by atoms with Crippen molar-refractivity contribution in [3.05, 3.63) is 22.5 Å². The monoisotopic (exact) mass is 266 g/mol. The molecule has 0 unspecified atom stereocenters. The molecule has 2 heterocycles. The summed E-state index contributed by atoms with van der Waals surface area (Å²) in [7, 11) is 0. The molecular formula is C11H14N4O2S. The average Bonchev–Trinajstić information content (AvgIpc) is 2.87. The van der Waals surface area contributed by atoms with Gasteiger partial charge in [0.1, 0.15) is 5.01 Å². The quantitative estimate of drug-likeness (QED) is 0.918. The van der Waals surface area contributed by atoms with E-state index in [9.17, 15) is 4.79 Å². The maximum Gasteiger partial charge on any atom is 0.296 e. The van der Waals surface area contributed by atoms with Crippen LogP contribution in [-0.4, -0.2) is 21.3 Å². The van der Waals surface area contributed by atoms with Crippen LogP contribution in [0.15, 0.2) is 10.6 Å². The summed E-state index contributed by atoms with van der Waals surface area (Å²) in [5.74, 6) is 0.328. The van der Waals surface area contributed by atoms with Crippen LogP contribution < -0.4 is 5.32 Å². The Hall–Kier alpha value is -1.76. The number of anilines is 1. The number of aromatic nitrogens is 3. The second-order valence-corrected chi connectivity index (χ2v) is 5.45. The molecule has 0 saturated carbocycles. The Morgan fingerprint density at radius 1 is 1.50 bits per heavy atom. The molecule has 0 bridgehead atoms. The number of nitrogens with zero attached hydrogens (tertiary/aromatic N) is 3. The molecule has 2 rings (SSSR count). The molecule has 0 aromatic carbocycles. The summed E-state index contributed by atoms with van der Waals surface area (Å²) in [6.07, 6.45) is 0.856. The molecule has 0 radical (unpaired) electrons. The molecule has 7 heteroatoms.